The molecule has 0 saturated heterocycles. The van der Waals surface area contributed by atoms with E-state index in [1.54, 1.807) is 13.8 Å². The third-order valence-electron chi connectivity index (χ3n) is 3.73. The summed E-state index contributed by atoms with van der Waals surface area (Å²) in [7, 11) is -2.90. The molecule has 0 aliphatic rings. The van der Waals surface area contributed by atoms with Crippen LogP contribution in [0.1, 0.15) is 58.1 Å². The van der Waals surface area contributed by atoms with Crippen molar-refractivity contribution in [2.45, 2.75) is 57.7 Å². The number of hydrogen-bond acceptors (Lipinski definition) is 3. The Morgan fingerprint density at radius 3 is 2.33 bits per heavy atom. The predicted octanol–water partition coefficient (Wildman–Crippen LogP) is 3.72. The highest BCUT2D eigenvalue weighted by Gasteiger charge is 2.16. The molecule has 1 atom stereocenters. The maximum atomic E-state index is 11.8. The van der Waals surface area contributed by atoms with E-state index in [0.29, 0.717) is 11.8 Å². The SMILES string of the molecule is CCCNC(CCCCS(=O)(=O)C(C)C)c1ccccc1. The molecule has 1 aromatic carbocycles. The predicted molar refractivity (Wildman–Crippen MR) is 90.3 cm³/mol. The van der Waals surface area contributed by atoms with Crippen molar-refractivity contribution in [2.75, 3.05) is 12.3 Å². The van der Waals surface area contributed by atoms with Crippen LogP contribution in [0.25, 0.3) is 0 Å². The molecule has 1 N–H and O–H groups in total. The van der Waals surface area contributed by atoms with Gasteiger partial charge in [0.15, 0.2) is 9.84 Å². The van der Waals surface area contributed by atoms with Crippen LogP contribution < -0.4 is 5.32 Å². The molecular formula is C17H29NO2S. The van der Waals surface area contributed by atoms with Crippen LogP contribution in [0.4, 0.5) is 0 Å². The number of hydrogen-bond donors (Lipinski definition) is 1. The average Bonchev–Trinajstić information content (AvgIpc) is 2.47. The molecule has 1 unspecified atom stereocenters. The summed E-state index contributed by atoms with van der Waals surface area (Å²) in [5.41, 5.74) is 1.29. The standard InChI is InChI=1S/C17H29NO2S/c1-4-13-18-17(16-10-6-5-7-11-16)12-8-9-14-21(19,20)15(2)3/h5-7,10-11,15,17-18H,4,8-9,12-14H2,1-3H3. The minimum absolute atomic E-state index is 0.263. The normalized spacial score (nSPS) is 13.5. The van der Waals surface area contributed by atoms with Crippen LogP contribution in [0.15, 0.2) is 30.3 Å². The van der Waals surface area contributed by atoms with Crippen LogP contribution in [-0.4, -0.2) is 26.0 Å². The van der Waals surface area contributed by atoms with Crippen molar-refractivity contribution in [3.05, 3.63) is 35.9 Å². The molecule has 0 heterocycles. The van der Waals surface area contributed by atoms with Gasteiger partial charge in [-0.1, -0.05) is 43.7 Å². The zero-order valence-electron chi connectivity index (χ0n) is 13.5. The third-order valence-corrected chi connectivity index (χ3v) is 6.03. The number of rotatable bonds is 10. The lowest BCUT2D eigenvalue weighted by Crippen LogP contribution is -2.22. The van der Waals surface area contributed by atoms with Gasteiger partial charge in [-0.05, 0) is 45.2 Å². The summed E-state index contributed by atoms with van der Waals surface area (Å²) in [5.74, 6) is 0.306. The van der Waals surface area contributed by atoms with Gasteiger partial charge in [0, 0.05) is 6.04 Å². The van der Waals surface area contributed by atoms with Crippen LogP contribution in [0.3, 0.4) is 0 Å². The summed E-state index contributed by atoms with van der Waals surface area (Å²) in [4.78, 5) is 0. The maximum absolute atomic E-state index is 11.8. The lowest BCUT2D eigenvalue weighted by molar-refractivity contribution is 0.480. The minimum Gasteiger partial charge on any atom is -0.310 e. The Bertz CT molecular complexity index is 483. The van der Waals surface area contributed by atoms with Gasteiger partial charge in [0.1, 0.15) is 0 Å². The average molecular weight is 311 g/mol. The Hall–Kier alpha value is -0.870. The first-order valence-electron chi connectivity index (χ1n) is 7.97. The zero-order valence-corrected chi connectivity index (χ0v) is 14.3. The summed E-state index contributed by atoms with van der Waals surface area (Å²) in [6, 6.07) is 10.7. The van der Waals surface area contributed by atoms with E-state index in [1.165, 1.54) is 5.56 Å². The molecule has 0 saturated carbocycles. The van der Waals surface area contributed by atoms with Crippen LogP contribution in [0, 0.1) is 0 Å². The van der Waals surface area contributed by atoms with Crippen molar-refractivity contribution < 1.29 is 8.42 Å². The molecule has 4 heteroatoms. The van der Waals surface area contributed by atoms with Crippen molar-refractivity contribution in [1.82, 2.24) is 5.32 Å². The molecule has 0 radical (unpaired) electrons. The fourth-order valence-electron chi connectivity index (χ4n) is 2.28. The summed E-state index contributed by atoms with van der Waals surface area (Å²) in [5, 5.41) is 3.29. The summed E-state index contributed by atoms with van der Waals surface area (Å²) in [6.07, 6.45) is 3.77. The summed E-state index contributed by atoms with van der Waals surface area (Å²) >= 11 is 0. The van der Waals surface area contributed by atoms with Gasteiger partial charge in [-0.15, -0.1) is 0 Å². The van der Waals surface area contributed by atoms with Gasteiger partial charge in [-0.2, -0.15) is 0 Å². The monoisotopic (exact) mass is 311 g/mol. The molecule has 120 valence electrons. The van der Waals surface area contributed by atoms with E-state index < -0.39 is 9.84 Å². The minimum atomic E-state index is -2.90. The quantitative estimate of drug-likeness (QED) is 0.670. The molecule has 21 heavy (non-hydrogen) atoms. The highest BCUT2D eigenvalue weighted by Crippen LogP contribution is 2.19. The van der Waals surface area contributed by atoms with Gasteiger partial charge in [0.05, 0.1) is 11.0 Å². The molecule has 0 aromatic heterocycles. The molecular weight excluding hydrogens is 282 g/mol. The summed E-state index contributed by atoms with van der Waals surface area (Å²) < 4.78 is 23.6. The van der Waals surface area contributed by atoms with Gasteiger partial charge in [-0.25, -0.2) is 8.42 Å². The maximum Gasteiger partial charge on any atom is 0.152 e. The van der Waals surface area contributed by atoms with Crippen molar-refractivity contribution in [3.8, 4) is 0 Å². The van der Waals surface area contributed by atoms with Gasteiger partial charge in [0.2, 0.25) is 0 Å². The van der Waals surface area contributed by atoms with Crippen molar-refractivity contribution >= 4 is 9.84 Å². The molecule has 0 amide bonds. The first-order valence-corrected chi connectivity index (χ1v) is 9.68. The Balaban J connectivity index is 2.48. The lowest BCUT2D eigenvalue weighted by Gasteiger charge is -2.19. The topological polar surface area (TPSA) is 46.2 Å². The van der Waals surface area contributed by atoms with E-state index in [4.69, 9.17) is 0 Å². The number of benzene rings is 1. The Kier molecular flexibility index (Phi) is 7.97. The van der Waals surface area contributed by atoms with Gasteiger partial charge in [-0.3, -0.25) is 0 Å². The molecule has 0 bridgehead atoms. The van der Waals surface area contributed by atoms with Gasteiger partial charge < -0.3 is 5.32 Å². The second-order valence-corrected chi connectivity index (χ2v) is 8.51. The van der Waals surface area contributed by atoms with Gasteiger partial charge >= 0.3 is 0 Å². The molecule has 3 nitrogen and oxygen atoms in total. The molecule has 0 aliphatic heterocycles. The lowest BCUT2D eigenvalue weighted by atomic mass is 10.0. The van der Waals surface area contributed by atoms with E-state index >= 15 is 0 Å². The van der Waals surface area contributed by atoms with Crippen LogP contribution >= 0.6 is 0 Å². The van der Waals surface area contributed by atoms with Gasteiger partial charge in [0.25, 0.3) is 0 Å². The van der Waals surface area contributed by atoms with E-state index in [-0.39, 0.29) is 5.25 Å². The highest BCUT2D eigenvalue weighted by molar-refractivity contribution is 7.91. The Morgan fingerprint density at radius 1 is 1.10 bits per heavy atom. The fraction of sp³-hybridized carbons (Fsp3) is 0.647. The molecule has 0 aliphatic carbocycles. The zero-order chi connectivity index (χ0) is 15.7. The second-order valence-electron chi connectivity index (χ2n) is 5.83. The first-order chi connectivity index (χ1) is 9.97. The summed E-state index contributed by atoms with van der Waals surface area (Å²) in [6.45, 7) is 6.66. The number of nitrogens with one attached hydrogen (secondary N) is 1. The molecule has 0 fully saturated rings. The molecule has 0 spiro atoms. The van der Waals surface area contributed by atoms with E-state index in [9.17, 15) is 8.42 Å². The van der Waals surface area contributed by atoms with Crippen LogP contribution in [-0.2, 0) is 9.84 Å². The van der Waals surface area contributed by atoms with E-state index in [2.05, 4.69) is 36.5 Å². The third kappa shape index (κ3) is 6.62. The number of unbranched alkanes of at least 4 members (excludes halogenated alkanes) is 1. The van der Waals surface area contributed by atoms with Crippen LogP contribution in [0.2, 0.25) is 0 Å². The molecule has 1 rings (SSSR count). The first kappa shape index (κ1) is 18.2. The van der Waals surface area contributed by atoms with Crippen molar-refractivity contribution in [2.24, 2.45) is 0 Å². The molecule has 1 aromatic rings. The highest BCUT2D eigenvalue weighted by atomic mass is 32.2. The van der Waals surface area contributed by atoms with Crippen molar-refractivity contribution in [1.29, 1.82) is 0 Å². The van der Waals surface area contributed by atoms with Crippen molar-refractivity contribution in [3.63, 3.8) is 0 Å². The second kappa shape index (κ2) is 9.21. The van der Waals surface area contributed by atoms with E-state index in [0.717, 1.165) is 32.2 Å². The van der Waals surface area contributed by atoms with E-state index in [1.807, 2.05) is 6.07 Å². The van der Waals surface area contributed by atoms with Crippen LogP contribution in [0.5, 0.6) is 0 Å². The number of sulfone groups is 1. The Morgan fingerprint density at radius 2 is 1.76 bits per heavy atom. The Labute approximate surface area is 130 Å². The smallest absolute Gasteiger partial charge is 0.152 e. The largest absolute Gasteiger partial charge is 0.310 e. The fourth-order valence-corrected chi connectivity index (χ4v) is 3.36.